The van der Waals surface area contributed by atoms with E-state index in [0.29, 0.717) is 12.1 Å². The number of ether oxygens (including phenoxy) is 8. The largest absolute Gasteiger partial charge is 0.459 e. The number of oxime groups is 1. The van der Waals surface area contributed by atoms with Crippen molar-refractivity contribution in [2.24, 2.45) is 28.8 Å². The zero-order valence-electron chi connectivity index (χ0n) is 45.2. The number of esters is 1. The normalized spacial score (nSPS) is 42.5. The lowest BCUT2D eigenvalue weighted by molar-refractivity contribution is -0.316. The molecule has 18 heteroatoms. The van der Waals surface area contributed by atoms with E-state index in [-0.39, 0.29) is 31.1 Å². The summed E-state index contributed by atoms with van der Waals surface area (Å²) in [6.45, 7) is 35.1. The van der Waals surface area contributed by atoms with Crippen molar-refractivity contribution < 1.29 is 66.6 Å². The molecule has 0 spiro atoms. The Labute approximate surface area is 400 Å². The minimum atomic E-state index is -2.19. The molecule has 3 fully saturated rings. The summed E-state index contributed by atoms with van der Waals surface area (Å²) < 4.78 is 66.4. The molecule has 0 saturated carbocycles. The number of methoxy groups -OCH3 is 3. The Morgan fingerprint density at radius 1 is 0.818 bits per heavy atom. The van der Waals surface area contributed by atoms with Gasteiger partial charge in [-0.05, 0) is 114 Å². The van der Waals surface area contributed by atoms with E-state index < -0.39 is 118 Å². The Morgan fingerprint density at radius 3 is 1.88 bits per heavy atom. The van der Waals surface area contributed by atoms with Crippen molar-refractivity contribution in [3.63, 3.8) is 0 Å². The number of likely N-dealkylation sites (N-methyl/N-ethyl adjacent to an activating group) is 1. The van der Waals surface area contributed by atoms with Crippen LogP contribution in [-0.2, 0) is 56.4 Å². The molecule has 0 unspecified atom stereocenters. The molecule has 0 aromatic carbocycles. The Kier molecular flexibility index (Phi) is 20.6. The standard InChI is InChI=1S/C48H94N2O14Si2/c1-24-35-48(12,53)40(51)30(4)37(49-64-45(8,9)54-15)28(2)26-46(10,55-16)41(61-44-39(62-65(18,19)20)34(50(13)14)25-29(3)57-44)31(5)38(32(6)43(52)59-35)60-36-27-47(11,56-17)42(33(7)58-36)63-66(21,22)23/h28-36,38-42,44,51,53H,24-27H2,1-23H3/b49-37+/t28-,29+,30+,31+,32-,33+,34-,35-,36+,38+,39+,40-,41-,42+,44-,46-,47-,48-/m1/s1. The molecule has 3 rings (SSSR count). The van der Waals surface area contributed by atoms with Crippen LogP contribution >= 0.6 is 0 Å². The predicted octanol–water partition coefficient (Wildman–Crippen LogP) is 7.34. The van der Waals surface area contributed by atoms with Gasteiger partial charge in [0.05, 0.1) is 59.5 Å². The molecule has 66 heavy (non-hydrogen) atoms. The van der Waals surface area contributed by atoms with E-state index in [9.17, 15) is 15.0 Å². The Morgan fingerprint density at radius 2 is 1.38 bits per heavy atom. The van der Waals surface area contributed by atoms with Crippen LogP contribution < -0.4 is 0 Å². The van der Waals surface area contributed by atoms with Crippen molar-refractivity contribution in [3.05, 3.63) is 0 Å². The Bertz CT molecular complexity index is 1580. The van der Waals surface area contributed by atoms with Crippen molar-refractivity contribution in [2.75, 3.05) is 35.4 Å². The molecule has 2 N–H and O–H groups in total. The zero-order chi connectivity index (χ0) is 50.7. The highest BCUT2D eigenvalue weighted by Crippen LogP contribution is 2.43. The van der Waals surface area contributed by atoms with Gasteiger partial charge in [0.1, 0.15) is 17.8 Å². The molecular formula is C48H94N2O14Si2. The van der Waals surface area contributed by atoms with Crippen LogP contribution in [0.5, 0.6) is 0 Å². The van der Waals surface area contributed by atoms with Crippen LogP contribution in [0.2, 0.25) is 39.3 Å². The van der Waals surface area contributed by atoms with E-state index in [1.54, 1.807) is 48.8 Å². The van der Waals surface area contributed by atoms with Gasteiger partial charge >= 0.3 is 5.97 Å². The van der Waals surface area contributed by atoms with E-state index in [2.05, 4.69) is 49.3 Å². The van der Waals surface area contributed by atoms with Gasteiger partial charge in [0.2, 0.25) is 5.79 Å². The molecule has 3 saturated heterocycles. The molecule has 18 atom stereocenters. The van der Waals surface area contributed by atoms with Gasteiger partial charge in [-0.15, -0.1) is 0 Å². The summed E-state index contributed by atoms with van der Waals surface area (Å²) in [6.07, 6.45) is -5.99. The SMILES string of the molecule is CC[C@H]1OC(=O)[C@H](C)[C@@H](O[C@H]2C[C@@](C)(OC)[C@@H](O[Si](C)(C)C)[C@H](C)O2)[C@H](C)[C@@H](O[C@H]2O[C@@H](C)C[C@@H](N(C)C)[C@@H]2O[Si](C)(C)C)[C@](C)(OC)C[C@@H](C)/C(=N\OC(C)(C)OC)[C@H](C)[C@@H](O)[C@]1(C)O. The fourth-order valence-corrected chi connectivity index (χ4v) is 12.4. The van der Waals surface area contributed by atoms with Crippen LogP contribution in [0.25, 0.3) is 0 Å². The summed E-state index contributed by atoms with van der Waals surface area (Å²) in [5, 5.41) is 29.1. The number of carbonyl (C=O) groups is 1. The minimum absolute atomic E-state index is 0.0377. The van der Waals surface area contributed by atoms with Gasteiger partial charge in [0, 0.05) is 65.4 Å². The predicted molar refractivity (Wildman–Crippen MR) is 260 cm³/mol. The molecule has 3 heterocycles. The lowest BCUT2D eigenvalue weighted by Crippen LogP contribution is -2.63. The molecule has 0 aliphatic carbocycles. The third-order valence-corrected chi connectivity index (χ3v) is 16.0. The maximum absolute atomic E-state index is 14.8. The first-order valence-corrected chi connectivity index (χ1v) is 31.1. The fraction of sp³-hybridized carbons (Fsp3) is 0.958. The maximum Gasteiger partial charge on any atom is 0.311 e. The number of nitrogens with zero attached hydrogens (tertiary/aromatic N) is 2. The first kappa shape index (κ1) is 59.2. The van der Waals surface area contributed by atoms with E-state index in [0.717, 1.165) is 6.42 Å². The molecule has 0 amide bonds. The lowest BCUT2D eigenvalue weighted by atomic mass is 9.73. The average Bonchev–Trinajstić information content (AvgIpc) is 3.20. The van der Waals surface area contributed by atoms with E-state index >= 15 is 0 Å². The van der Waals surface area contributed by atoms with Crippen LogP contribution in [-0.4, -0.2) is 169 Å². The molecule has 0 aromatic rings. The number of aliphatic hydroxyl groups excluding tert-OH is 1. The van der Waals surface area contributed by atoms with E-state index in [1.165, 1.54) is 14.0 Å². The van der Waals surface area contributed by atoms with Gasteiger partial charge in [-0.3, -0.25) is 4.79 Å². The van der Waals surface area contributed by atoms with Gasteiger partial charge in [-0.1, -0.05) is 32.9 Å². The van der Waals surface area contributed by atoms with Crippen molar-refractivity contribution >= 4 is 28.3 Å². The highest BCUT2D eigenvalue weighted by molar-refractivity contribution is 6.70. The van der Waals surface area contributed by atoms with Crippen LogP contribution in [0.3, 0.4) is 0 Å². The number of rotatable bonds is 15. The van der Waals surface area contributed by atoms with Crippen molar-refractivity contribution in [3.8, 4) is 0 Å². The fourth-order valence-electron chi connectivity index (χ4n) is 10.1. The zero-order valence-corrected chi connectivity index (χ0v) is 47.2. The Hall–Kier alpha value is -1.11. The van der Waals surface area contributed by atoms with Crippen molar-refractivity contribution in [1.29, 1.82) is 0 Å². The first-order valence-electron chi connectivity index (χ1n) is 24.3. The summed E-state index contributed by atoms with van der Waals surface area (Å²) >= 11 is 0. The third kappa shape index (κ3) is 14.7. The summed E-state index contributed by atoms with van der Waals surface area (Å²) in [6, 6.07) is -0.0377. The molecule has 0 aromatic heterocycles. The summed E-state index contributed by atoms with van der Waals surface area (Å²) in [5.74, 6) is -4.58. The maximum atomic E-state index is 14.8. The second kappa shape index (κ2) is 23.0. The first-order chi connectivity index (χ1) is 30.1. The number of aliphatic hydroxyl groups is 2. The van der Waals surface area contributed by atoms with Gasteiger partial charge in [-0.25, -0.2) is 0 Å². The third-order valence-electron chi connectivity index (χ3n) is 14.1. The topological polar surface area (TPSA) is 175 Å². The second-order valence-corrected chi connectivity index (χ2v) is 31.8. The van der Waals surface area contributed by atoms with Gasteiger partial charge in [-0.2, -0.15) is 0 Å². The number of hydrogen-bond donors (Lipinski definition) is 2. The summed E-state index contributed by atoms with van der Waals surface area (Å²) in [5.41, 5.74) is -3.44. The summed E-state index contributed by atoms with van der Waals surface area (Å²) in [4.78, 5) is 23.0. The molecule has 0 bridgehead atoms. The highest BCUT2D eigenvalue weighted by Gasteiger charge is 2.55. The smallest absolute Gasteiger partial charge is 0.311 e. The molecule has 3 aliphatic heterocycles. The minimum Gasteiger partial charge on any atom is -0.459 e. The molecule has 388 valence electrons. The van der Waals surface area contributed by atoms with Crippen LogP contribution in [0.15, 0.2) is 5.16 Å². The highest BCUT2D eigenvalue weighted by atomic mass is 28.4. The van der Waals surface area contributed by atoms with Crippen LogP contribution in [0.4, 0.5) is 0 Å². The van der Waals surface area contributed by atoms with Gasteiger partial charge in [0.25, 0.3) is 0 Å². The van der Waals surface area contributed by atoms with Gasteiger partial charge < -0.3 is 66.7 Å². The molecule has 0 radical (unpaired) electrons. The van der Waals surface area contributed by atoms with Crippen molar-refractivity contribution in [1.82, 2.24) is 4.90 Å². The van der Waals surface area contributed by atoms with Crippen LogP contribution in [0.1, 0.15) is 109 Å². The monoisotopic (exact) mass is 979 g/mol. The second-order valence-electron chi connectivity index (χ2n) is 22.9. The molecular weight excluding hydrogens is 885 g/mol. The van der Waals surface area contributed by atoms with Crippen molar-refractivity contribution in [2.45, 2.75) is 238 Å². The van der Waals surface area contributed by atoms with Crippen LogP contribution in [0, 0.1) is 23.7 Å². The van der Waals surface area contributed by atoms with Gasteiger partial charge in [0.15, 0.2) is 29.2 Å². The number of carbonyl (C=O) groups excluding carboxylic acids is 1. The molecule has 3 aliphatic rings. The number of hydrogen-bond acceptors (Lipinski definition) is 16. The average molecular weight is 979 g/mol. The van der Waals surface area contributed by atoms with E-state index in [4.69, 9.17) is 51.6 Å². The quantitative estimate of drug-likeness (QED) is 0.0721. The lowest BCUT2D eigenvalue weighted by Gasteiger charge is -2.51. The summed E-state index contributed by atoms with van der Waals surface area (Å²) in [7, 11) is 4.68. The Balaban J connectivity index is 2.39. The number of cyclic esters (lactones) is 1. The molecule has 16 nitrogen and oxygen atoms in total. The van der Waals surface area contributed by atoms with E-state index in [1.807, 2.05) is 55.6 Å².